The van der Waals surface area contributed by atoms with E-state index in [0.717, 1.165) is 38.5 Å². The molecule has 4 nitrogen and oxygen atoms in total. The smallest absolute Gasteiger partial charge is 0.306 e. The van der Waals surface area contributed by atoms with Gasteiger partial charge < -0.3 is 10.2 Å². The lowest BCUT2D eigenvalue weighted by atomic mass is 9.33. The molecular formula is C30H46O4. The van der Waals surface area contributed by atoms with Gasteiger partial charge in [0.25, 0.3) is 0 Å². The number of carbonyl (C=O) groups excluding carboxylic acids is 1. The van der Waals surface area contributed by atoms with Crippen LogP contribution in [0.5, 0.6) is 0 Å². The molecule has 0 bridgehead atoms. The van der Waals surface area contributed by atoms with Crippen LogP contribution in [0.25, 0.3) is 0 Å². The van der Waals surface area contributed by atoms with Gasteiger partial charge in [-0.1, -0.05) is 60.1 Å². The van der Waals surface area contributed by atoms with Crippen LogP contribution in [0.15, 0.2) is 11.6 Å². The summed E-state index contributed by atoms with van der Waals surface area (Å²) in [7, 11) is 0. The molecule has 5 aliphatic rings. The molecular weight excluding hydrogens is 424 g/mol. The molecule has 4 fully saturated rings. The minimum Gasteiger partial charge on any atom is -0.481 e. The normalized spacial score (nSPS) is 54.1. The van der Waals surface area contributed by atoms with Crippen molar-refractivity contribution in [2.45, 2.75) is 106 Å². The van der Waals surface area contributed by atoms with Crippen molar-refractivity contribution < 1.29 is 19.8 Å². The lowest BCUT2D eigenvalue weighted by molar-refractivity contribution is -0.194. The van der Waals surface area contributed by atoms with Crippen molar-refractivity contribution >= 4 is 11.8 Å². The van der Waals surface area contributed by atoms with Crippen molar-refractivity contribution in [1.82, 2.24) is 0 Å². The molecule has 4 heteroatoms. The van der Waals surface area contributed by atoms with Gasteiger partial charge in [-0.25, -0.2) is 0 Å². The van der Waals surface area contributed by atoms with Gasteiger partial charge in [0.15, 0.2) is 0 Å². The second kappa shape index (κ2) is 7.20. The number of ketones is 1. The molecule has 0 amide bonds. The van der Waals surface area contributed by atoms with E-state index in [9.17, 15) is 19.8 Å². The molecule has 5 aliphatic carbocycles. The Labute approximate surface area is 206 Å². The first-order valence-electron chi connectivity index (χ1n) is 13.8. The Morgan fingerprint density at radius 3 is 2.29 bits per heavy atom. The number of carbonyl (C=O) groups is 2. The van der Waals surface area contributed by atoms with E-state index in [4.69, 9.17) is 0 Å². The monoisotopic (exact) mass is 470 g/mol. The Hall–Kier alpha value is -1.16. The zero-order valence-corrected chi connectivity index (χ0v) is 22.4. The quantitative estimate of drug-likeness (QED) is 0.443. The second-order valence-corrected chi connectivity index (χ2v) is 14.5. The van der Waals surface area contributed by atoms with Gasteiger partial charge >= 0.3 is 5.97 Å². The highest BCUT2D eigenvalue weighted by atomic mass is 16.4. The average Bonchev–Trinajstić information content (AvgIpc) is 2.74. The molecule has 5 rings (SSSR count). The number of aliphatic hydroxyl groups excluding tert-OH is 1. The fourth-order valence-corrected chi connectivity index (χ4v) is 10.8. The summed E-state index contributed by atoms with van der Waals surface area (Å²) in [5.74, 6) is 0.291. The third-order valence-electron chi connectivity index (χ3n) is 13.2. The molecule has 0 aliphatic heterocycles. The highest BCUT2D eigenvalue weighted by molar-refractivity contribution is 5.85. The molecule has 10 atom stereocenters. The summed E-state index contributed by atoms with van der Waals surface area (Å²) in [6.07, 6.45) is 9.26. The standard InChI is InChI=1S/C30H46O4/c1-17-18(25(33)34)16-23(32)28(5)14-15-29(6)19(24(17)28)8-9-21-27(4)12-11-22(31)26(2,3)20(27)10-13-30(21,29)7/h8,17-18,20-21,23-24,32H,9-16H2,1-7H3,(H,33,34)/t17?,18?,20-,21+,23?,24-,27-,28-,29+,30+/m0/s1. The zero-order chi connectivity index (χ0) is 25.1. The fraction of sp³-hybridized carbons (Fsp3) is 0.867. The van der Waals surface area contributed by atoms with Crippen molar-refractivity contribution in [3.63, 3.8) is 0 Å². The van der Waals surface area contributed by atoms with Crippen molar-refractivity contribution in [2.75, 3.05) is 0 Å². The highest BCUT2D eigenvalue weighted by Crippen LogP contribution is 2.75. The largest absolute Gasteiger partial charge is 0.481 e. The van der Waals surface area contributed by atoms with Gasteiger partial charge in [0.1, 0.15) is 5.78 Å². The van der Waals surface area contributed by atoms with Crippen molar-refractivity contribution in [1.29, 1.82) is 0 Å². The molecule has 0 spiro atoms. The predicted octanol–water partition coefficient (Wildman–Crippen LogP) is 6.27. The Kier molecular flexibility index (Phi) is 5.20. The Morgan fingerprint density at radius 2 is 1.65 bits per heavy atom. The van der Waals surface area contributed by atoms with Gasteiger partial charge in [-0.15, -0.1) is 0 Å². The van der Waals surface area contributed by atoms with Crippen LogP contribution in [-0.4, -0.2) is 28.1 Å². The topological polar surface area (TPSA) is 74.6 Å². The van der Waals surface area contributed by atoms with E-state index in [1.54, 1.807) is 0 Å². The molecule has 0 radical (unpaired) electrons. The van der Waals surface area contributed by atoms with E-state index in [1.807, 2.05) is 0 Å². The van der Waals surface area contributed by atoms with Gasteiger partial charge in [-0.3, -0.25) is 9.59 Å². The number of Topliss-reactive ketones (excluding diaryl/α,β-unsaturated/α-hetero) is 1. The van der Waals surface area contributed by atoms with Gasteiger partial charge in [0.2, 0.25) is 0 Å². The van der Waals surface area contributed by atoms with Crippen LogP contribution in [0.1, 0.15) is 99.8 Å². The van der Waals surface area contributed by atoms with Crippen LogP contribution in [0, 0.1) is 56.7 Å². The van der Waals surface area contributed by atoms with Crippen LogP contribution >= 0.6 is 0 Å². The molecule has 4 saturated carbocycles. The van der Waals surface area contributed by atoms with Crippen LogP contribution in [0.4, 0.5) is 0 Å². The number of carboxylic acids is 1. The molecule has 190 valence electrons. The molecule has 0 aromatic carbocycles. The Bertz CT molecular complexity index is 949. The van der Waals surface area contributed by atoms with E-state index in [1.165, 1.54) is 5.57 Å². The molecule has 2 N–H and O–H groups in total. The summed E-state index contributed by atoms with van der Waals surface area (Å²) in [4.78, 5) is 25.1. The summed E-state index contributed by atoms with van der Waals surface area (Å²) >= 11 is 0. The summed E-state index contributed by atoms with van der Waals surface area (Å²) in [5.41, 5.74) is 1.24. The zero-order valence-electron chi connectivity index (χ0n) is 22.4. The van der Waals surface area contributed by atoms with Crippen LogP contribution < -0.4 is 0 Å². The van der Waals surface area contributed by atoms with E-state index in [-0.39, 0.29) is 38.9 Å². The van der Waals surface area contributed by atoms with Crippen LogP contribution in [0.3, 0.4) is 0 Å². The molecule has 0 aromatic heterocycles. The van der Waals surface area contributed by atoms with Gasteiger partial charge in [-0.05, 0) is 84.9 Å². The van der Waals surface area contributed by atoms with Crippen molar-refractivity contribution in [2.24, 2.45) is 56.7 Å². The van der Waals surface area contributed by atoms with Crippen molar-refractivity contribution in [3.8, 4) is 0 Å². The summed E-state index contributed by atoms with van der Waals surface area (Å²) in [6, 6.07) is 0. The Balaban J connectivity index is 1.60. The summed E-state index contributed by atoms with van der Waals surface area (Å²) in [6.45, 7) is 16.2. The van der Waals surface area contributed by atoms with Gasteiger partial charge in [0.05, 0.1) is 12.0 Å². The van der Waals surface area contributed by atoms with E-state index >= 15 is 0 Å². The first kappa shape index (κ1) is 24.5. The minimum atomic E-state index is -0.761. The lowest BCUT2D eigenvalue weighted by Crippen LogP contribution is -2.65. The van der Waals surface area contributed by atoms with Gasteiger partial charge in [-0.2, -0.15) is 0 Å². The maximum atomic E-state index is 12.9. The maximum absolute atomic E-state index is 12.9. The summed E-state index contributed by atoms with van der Waals surface area (Å²) < 4.78 is 0. The van der Waals surface area contributed by atoms with Crippen LogP contribution in [-0.2, 0) is 9.59 Å². The van der Waals surface area contributed by atoms with Gasteiger partial charge in [0, 0.05) is 17.3 Å². The number of rotatable bonds is 1. The number of aliphatic carboxylic acids is 1. The minimum absolute atomic E-state index is 0.00798. The Morgan fingerprint density at radius 1 is 0.971 bits per heavy atom. The highest BCUT2D eigenvalue weighted by Gasteiger charge is 2.69. The first-order chi connectivity index (χ1) is 15.6. The third kappa shape index (κ3) is 2.75. The molecule has 0 aromatic rings. The van der Waals surface area contributed by atoms with Crippen molar-refractivity contribution in [3.05, 3.63) is 11.6 Å². The van der Waals surface area contributed by atoms with E-state index in [2.05, 4.69) is 54.5 Å². The number of hydrogen-bond donors (Lipinski definition) is 2. The fourth-order valence-electron chi connectivity index (χ4n) is 10.8. The second-order valence-electron chi connectivity index (χ2n) is 14.5. The molecule has 0 saturated heterocycles. The number of hydrogen-bond acceptors (Lipinski definition) is 3. The third-order valence-corrected chi connectivity index (χ3v) is 13.2. The number of carboxylic acid groups (broad SMARTS) is 1. The first-order valence-corrected chi connectivity index (χ1v) is 13.8. The molecule has 0 heterocycles. The van der Waals surface area contributed by atoms with E-state index in [0.29, 0.717) is 30.5 Å². The lowest BCUT2D eigenvalue weighted by Gasteiger charge is -2.71. The molecule has 3 unspecified atom stereocenters. The van der Waals surface area contributed by atoms with Crippen LogP contribution in [0.2, 0.25) is 0 Å². The maximum Gasteiger partial charge on any atom is 0.306 e. The number of allylic oxidation sites excluding steroid dienone is 2. The predicted molar refractivity (Wildman–Crippen MR) is 133 cm³/mol. The number of fused-ring (bicyclic) bond motifs is 7. The molecule has 34 heavy (non-hydrogen) atoms. The number of aliphatic hydroxyl groups is 1. The SMILES string of the molecule is CC1C(C(=O)O)CC(O)[C@]2(C)CC[C@]3(C)C(=CC[C@@H]4[C@@]5(C)CCC(=O)C(C)(C)[C@@H]5CC[C@]43C)[C@H]12. The average molecular weight is 471 g/mol. The van der Waals surface area contributed by atoms with E-state index < -0.39 is 18.0 Å². The summed E-state index contributed by atoms with van der Waals surface area (Å²) in [5, 5.41) is 21.2.